The van der Waals surface area contributed by atoms with Crippen molar-refractivity contribution < 1.29 is 13.6 Å². The van der Waals surface area contributed by atoms with Crippen molar-refractivity contribution in [3.8, 4) is 6.07 Å². The average Bonchev–Trinajstić information content (AvgIpc) is 2.82. The molecule has 1 fully saturated rings. The van der Waals surface area contributed by atoms with Crippen molar-refractivity contribution in [2.24, 2.45) is 5.92 Å². The quantitative estimate of drug-likeness (QED) is 0.597. The fraction of sp³-hybridized carbons (Fsp3) is 0.375. The van der Waals surface area contributed by atoms with Gasteiger partial charge < -0.3 is 10.3 Å². The van der Waals surface area contributed by atoms with E-state index in [1.807, 2.05) is 0 Å². The van der Waals surface area contributed by atoms with Crippen molar-refractivity contribution in [2.75, 3.05) is 0 Å². The van der Waals surface area contributed by atoms with Gasteiger partial charge in [0.25, 0.3) is 5.56 Å². The summed E-state index contributed by atoms with van der Waals surface area (Å²) in [6, 6.07) is 4.23. The molecular formula is C24H23F2N5O3. The minimum atomic E-state index is -1.16. The smallest absolute Gasteiger partial charge is 0.329 e. The molecule has 8 nitrogen and oxygen atoms in total. The molecule has 2 atom stereocenters. The van der Waals surface area contributed by atoms with E-state index < -0.39 is 40.9 Å². The summed E-state index contributed by atoms with van der Waals surface area (Å²) in [6.45, 7) is 1.52. The van der Waals surface area contributed by atoms with Gasteiger partial charge in [0, 0.05) is 6.20 Å². The molecule has 0 spiro atoms. The van der Waals surface area contributed by atoms with Gasteiger partial charge in [-0.1, -0.05) is 19.3 Å². The largest absolute Gasteiger partial charge is 0.346 e. The lowest BCUT2D eigenvalue weighted by molar-refractivity contribution is -0.127. The van der Waals surface area contributed by atoms with Gasteiger partial charge in [-0.25, -0.2) is 18.1 Å². The van der Waals surface area contributed by atoms with Crippen LogP contribution < -0.4 is 16.6 Å². The number of nitrogens with one attached hydrogen (secondary N) is 2. The molecule has 1 aromatic carbocycles. The van der Waals surface area contributed by atoms with Crippen LogP contribution >= 0.6 is 0 Å². The molecule has 0 saturated heterocycles. The van der Waals surface area contributed by atoms with Gasteiger partial charge in [0.2, 0.25) is 5.91 Å². The standard InChI is InChI=1S/C24H23F2N5O3/c1-13(20-18(26)9-14(11-27)12-28-20)29-22(32)21(15-5-3-2-4-6-15)31-23(33)17-10-16(25)7-8-19(17)30-24(31)34/h7-10,12-13,15,21H,2-6H2,1H3,(H,29,32)(H,30,34)/t13-,21-/m1/s1. The molecule has 0 aliphatic heterocycles. The monoisotopic (exact) mass is 467 g/mol. The van der Waals surface area contributed by atoms with Gasteiger partial charge in [-0.05, 0) is 49.9 Å². The molecule has 1 saturated carbocycles. The Hall–Kier alpha value is -3.87. The molecule has 34 heavy (non-hydrogen) atoms. The minimum absolute atomic E-state index is 0.0407. The number of halogens is 2. The summed E-state index contributed by atoms with van der Waals surface area (Å²) >= 11 is 0. The summed E-state index contributed by atoms with van der Waals surface area (Å²) in [4.78, 5) is 46.2. The highest BCUT2D eigenvalue weighted by Crippen LogP contribution is 2.32. The summed E-state index contributed by atoms with van der Waals surface area (Å²) in [7, 11) is 0. The summed E-state index contributed by atoms with van der Waals surface area (Å²) in [6.07, 6.45) is 5.12. The molecule has 0 bridgehead atoms. The molecule has 3 aromatic rings. The highest BCUT2D eigenvalue weighted by molar-refractivity contribution is 5.82. The van der Waals surface area contributed by atoms with E-state index in [0.29, 0.717) is 12.8 Å². The molecule has 0 unspecified atom stereocenters. The topological polar surface area (TPSA) is 121 Å². The maximum absolute atomic E-state index is 14.4. The highest BCUT2D eigenvalue weighted by Gasteiger charge is 2.35. The number of carbonyl (C=O) groups excluding carboxylic acids is 1. The fourth-order valence-electron chi connectivity index (χ4n) is 4.64. The molecule has 2 aromatic heterocycles. The molecule has 4 rings (SSSR count). The zero-order valence-electron chi connectivity index (χ0n) is 18.5. The van der Waals surface area contributed by atoms with Gasteiger partial charge in [-0.2, -0.15) is 5.26 Å². The minimum Gasteiger partial charge on any atom is -0.346 e. The second-order valence-corrected chi connectivity index (χ2v) is 8.57. The summed E-state index contributed by atoms with van der Waals surface area (Å²) in [5.41, 5.74) is -1.39. The second kappa shape index (κ2) is 9.55. The zero-order chi connectivity index (χ0) is 24.4. The van der Waals surface area contributed by atoms with Crippen molar-refractivity contribution in [1.82, 2.24) is 19.9 Å². The number of aromatic amines is 1. The van der Waals surface area contributed by atoms with E-state index in [9.17, 15) is 23.2 Å². The maximum atomic E-state index is 14.4. The Balaban J connectivity index is 1.75. The third kappa shape index (κ3) is 4.46. The van der Waals surface area contributed by atoms with Crippen LogP contribution in [0.3, 0.4) is 0 Å². The van der Waals surface area contributed by atoms with Gasteiger partial charge in [-0.15, -0.1) is 0 Å². The molecular weight excluding hydrogens is 444 g/mol. The van der Waals surface area contributed by atoms with Crippen LogP contribution in [0.5, 0.6) is 0 Å². The predicted molar refractivity (Wildman–Crippen MR) is 120 cm³/mol. The average molecular weight is 467 g/mol. The number of carbonyl (C=O) groups is 1. The van der Waals surface area contributed by atoms with Crippen molar-refractivity contribution in [3.05, 3.63) is 74.2 Å². The van der Waals surface area contributed by atoms with Crippen LogP contribution in [0.4, 0.5) is 8.78 Å². The third-order valence-electron chi connectivity index (χ3n) is 6.30. The Morgan fingerprint density at radius 1 is 1.24 bits per heavy atom. The molecule has 10 heteroatoms. The lowest BCUT2D eigenvalue weighted by Crippen LogP contribution is -2.48. The Labute approximate surface area is 193 Å². The van der Waals surface area contributed by atoms with Gasteiger partial charge in [0.1, 0.15) is 23.7 Å². The number of pyridine rings is 1. The number of amides is 1. The first-order chi connectivity index (χ1) is 16.3. The number of hydrogen-bond donors (Lipinski definition) is 2. The normalized spacial score (nSPS) is 16.1. The van der Waals surface area contributed by atoms with Crippen molar-refractivity contribution in [1.29, 1.82) is 5.26 Å². The SMILES string of the molecule is C[C@@H](NC(=O)[C@@H](C1CCCCC1)n1c(=O)[nH]c2ccc(F)cc2c1=O)c1ncc(C#N)cc1F. The predicted octanol–water partition coefficient (Wildman–Crippen LogP) is 3.23. The molecule has 1 amide bonds. The molecule has 0 radical (unpaired) electrons. The number of hydrogen-bond acceptors (Lipinski definition) is 5. The number of rotatable bonds is 5. The molecule has 2 heterocycles. The van der Waals surface area contributed by atoms with Crippen molar-refractivity contribution in [3.63, 3.8) is 0 Å². The first kappa shape index (κ1) is 23.3. The van der Waals surface area contributed by atoms with Crippen LogP contribution in [0.25, 0.3) is 10.9 Å². The number of nitriles is 1. The van der Waals surface area contributed by atoms with E-state index in [1.165, 1.54) is 19.2 Å². The fourth-order valence-corrected chi connectivity index (χ4v) is 4.64. The van der Waals surface area contributed by atoms with Crippen LogP contribution in [-0.4, -0.2) is 20.4 Å². The molecule has 1 aliphatic carbocycles. The Morgan fingerprint density at radius 2 is 1.97 bits per heavy atom. The van der Waals surface area contributed by atoms with E-state index in [4.69, 9.17) is 5.26 Å². The van der Waals surface area contributed by atoms with Gasteiger partial charge in [0.15, 0.2) is 0 Å². The van der Waals surface area contributed by atoms with E-state index in [-0.39, 0.29) is 28.1 Å². The number of H-pyrrole nitrogens is 1. The van der Waals surface area contributed by atoms with Crippen LogP contribution in [0.2, 0.25) is 0 Å². The number of fused-ring (bicyclic) bond motifs is 1. The maximum Gasteiger partial charge on any atom is 0.329 e. The molecule has 1 aliphatic rings. The number of nitrogens with zero attached hydrogens (tertiary/aromatic N) is 3. The van der Waals surface area contributed by atoms with E-state index in [0.717, 1.165) is 42.0 Å². The molecule has 176 valence electrons. The zero-order valence-corrected chi connectivity index (χ0v) is 18.5. The first-order valence-electron chi connectivity index (χ1n) is 11.1. The first-order valence-corrected chi connectivity index (χ1v) is 11.1. The van der Waals surface area contributed by atoms with E-state index in [2.05, 4.69) is 15.3 Å². The Morgan fingerprint density at radius 3 is 2.65 bits per heavy atom. The number of aromatic nitrogens is 3. The summed E-state index contributed by atoms with van der Waals surface area (Å²) < 4.78 is 29.1. The van der Waals surface area contributed by atoms with Crippen molar-refractivity contribution >= 4 is 16.8 Å². The highest BCUT2D eigenvalue weighted by atomic mass is 19.1. The Bertz CT molecular complexity index is 1400. The lowest BCUT2D eigenvalue weighted by atomic mass is 9.83. The molecule has 2 N–H and O–H groups in total. The van der Waals surface area contributed by atoms with Gasteiger partial charge >= 0.3 is 5.69 Å². The second-order valence-electron chi connectivity index (χ2n) is 8.57. The van der Waals surface area contributed by atoms with Gasteiger partial charge in [0.05, 0.1) is 28.2 Å². The van der Waals surface area contributed by atoms with Crippen LogP contribution in [0.15, 0.2) is 40.1 Å². The van der Waals surface area contributed by atoms with Gasteiger partial charge in [-0.3, -0.25) is 14.6 Å². The van der Waals surface area contributed by atoms with E-state index in [1.54, 1.807) is 6.07 Å². The van der Waals surface area contributed by atoms with E-state index >= 15 is 0 Å². The summed E-state index contributed by atoms with van der Waals surface area (Å²) in [5, 5.41) is 11.5. The van der Waals surface area contributed by atoms with Crippen molar-refractivity contribution in [2.45, 2.75) is 51.1 Å². The lowest BCUT2D eigenvalue weighted by Gasteiger charge is -2.31. The number of benzene rings is 1. The summed E-state index contributed by atoms with van der Waals surface area (Å²) in [5.74, 6) is -2.33. The van der Waals surface area contributed by atoms with Crippen LogP contribution in [0, 0.1) is 28.9 Å². The third-order valence-corrected chi connectivity index (χ3v) is 6.30. The van der Waals surface area contributed by atoms with Crippen LogP contribution in [0.1, 0.15) is 62.4 Å². The van der Waals surface area contributed by atoms with Crippen LogP contribution in [-0.2, 0) is 4.79 Å². The Kier molecular flexibility index (Phi) is 6.54.